The van der Waals surface area contributed by atoms with Crippen molar-refractivity contribution >= 4 is 5.97 Å². The van der Waals surface area contributed by atoms with Crippen LogP contribution in [0, 0.1) is 12.3 Å². The van der Waals surface area contributed by atoms with Crippen LogP contribution in [0.3, 0.4) is 0 Å². The normalized spacial score (nSPS) is 12.0. The number of unbranched alkanes of at least 4 members (excludes halogenated alkanes) is 3. The number of imidazole rings is 2. The van der Waals surface area contributed by atoms with E-state index in [1.807, 2.05) is 83.1 Å². The van der Waals surface area contributed by atoms with Crippen molar-refractivity contribution in [3.63, 3.8) is 0 Å². The summed E-state index contributed by atoms with van der Waals surface area (Å²) in [5.74, 6) is 5.24. The fourth-order valence-corrected chi connectivity index (χ4v) is 9.57. The zero-order valence-corrected chi connectivity index (χ0v) is 46.1. The lowest BCUT2D eigenvalue weighted by molar-refractivity contribution is -0.154. The summed E-state index contributed by atoms with van der Waals surface area (Å²) in [6, 6.07) is 42.3. The van der Waals surface area contributed by atoms with Crippen molar-refractivity contribution in [1.82, 2.24) is 19.9 Å². The summed E-state index contributed by atoms with van der Waals surface area (Å²) in [6.07, 6.45) is 7.78. The predicted octanol–water partition coefficient (Wildman–Crippen LogP) is 15.3. The Labute approximate surface area is 449 Å². The number of H-pyrrole nitrogens is 2. The molecule has 0 saturated heterocycles. The average Bonchev–Trinajstić information content (AvgIpc) is 4.12. The largest absolute Gasteiger partial charge is 0.497 e. The highest BCUT2D eigenvalue weighted by atomic mass is 16.5. The molecule has 0 amide bonds. The van der Waals surface area contributed by atoms with Crippen molar-refractivity contribution < 1.29 is 33.2 Å². The molecule has 0 unspecified atom stereocenters. The Morgan fingerprint density at radius 2 is 1.04 bits per heavy atom. The van der Waals surface area contributed by atoms with Gasteiger partial charge in [-0.25, -0.2) is 9.97 Å². The number of hydrogen-bond donors (Lipinski definition) is 2. The molecule has 0 spiro atoms. The minimum absolute atomic E-state index is 0.120. The topological polar surface area (TPSA) is 130 Å². The summed E-state index contributed by atoms with van der Waals surface area (Å²) in [7, 11) is 6.68. The van der Waals surface area contributed by atoms with Crippen LogP contribution in [0.25, 0.3) is 67.8 Å². The van der Waals surface area contributed by atoms with Gasteiger partial charge in [-0.15, -0.1) is 0 Å². The number of aryl methyl sites for hydroxylation is 5. The molecule has 2 N–H and O–H groups in total. The second kappa shape index (κ2) is 25.2. The zero-order chi connectivity index (χ0) is 53.8. The number of carbonyl (C=O) groups is 1. The number of benzene rings is 6. The quantitative estimate of drug-likeness (QED) is 0.0566. The van der Waals surface area contributed by atoms with Crippen molar-refractivity contribution in [3.05, 3.63) is 149 Å². The first-order valence-electron chi connectivity index (χ1n) is 26.9. The summed E-state index contributed by atoms with van der Waals surface area (Å²) in [5.41, 5.74) is 15.1. The Morgan fingerprint density at radius 1 is 0.526 bits per heavy atom. The minimum Gasteiger partial charge on any atom is -0.497 e. The molecule has 4 aliphatic carbocycles. The molecule has 396 valence electrons. The van der Waals surface area contributed by atoms with Gasteiger partial charge in [0.15, 0.2) is 11.5 Å². The molecule has 8 aromatic rings. The molecule has 6 aromatic carbocycles. The van der Waals surface area contributed by atoms with E-state index < -0.39 is 5.41 Å². The molecule has 76 heavy (non-hydrogen) atoms. The summed E-state index contributed by atoms with van der Waals surface area (Å²) in [6.45, 7) is 13.0. The first kappa shape index (κ1) is 54.5. The number of ether oxygens (including phenoxy) is 6. The molecule has 11 heteroatoms. The van der Waals surface area contributed by atoms with Gasteiger partial charge in [-0.3, -0.25) is 4.79 Å². The van der Waals surface area contributed by atoms with E-state index >= 15 is 0 Å². The third-order valence-corrected chi connectivity index (χ3v) is 14.5. The molecule has 0 aliphatic heterocycles. The van der Waals surface area contributed by atoms with Gasteiger partial charge in [0.1, 0.15) is 28.9 Å². The highest BCUT2D eigenvalue weighted by molar-refractivity contribution is 5.84. The van der Waals surface area contributed by atoms with Gasteiger partial charge in [-0.2, -0.15) is 0 Å². The minimum atomic E-state index is -0.433. The Kier molecular flexibility index (Phi) is 18.0. The molecule has 2 heterocycles. The van der Waals surface area contributed by atoms with Crippen LogP contribution in [-0.4, -0.2) is 67.6 Å². The van der Waals surface area contributed by atoms with E-state index in [9.17, 15) is 4.79 Å². The van der Waals surface area contributed by atoms with E-state index in [4.69, 9.17) is 38.4 Å². The van der Waals surface area contributed by atoms with E-state index in [-0.39, 0.29) is 5.97 Å². The Hall–Kier alpha value is -7.79. The molecule has 2 aromatic heterocycles. The molecule has 4 aliphatic rings. The number of nitrogens with zero attached hydrogens (tertiary/aromatic N) is 2. The zero-order valence-electron chi connectivity index (χ0n) is 46.1. The van der Waals surface area contributed by atoms with Gasteiger partial charge in [0, 0.05) is 33.4 Å². The maximum atomic E-state index is 12.3. The number of esters is 1. The van der Waals surface area contributed by atoms with Crippen molar-refractivity contribution in [2.45, 2.75) is 99.3 Å². The van der Waals surface area contributed by atoms with Gasteiger partial charge in [0.25, 0.3) is 0 Å². The lowest BCUT2D eigenvalue weighted by atomic mass is 9.90. The average molecular weight is 1020 g/mol. The SMILES string of the molecule is CC.CCC(C)(C)C(=O)OCCCCCCOc1ccc(-c2[nH]c(-c3cc4ccc3CCc3ccc(cc3-c3nc(-c5ccc(OC)c(C)c5)c(-c5ccc(OC)c(OC)c5)[nH]3)CC4)nc2-c2ccc(OC)cc2)cc1. The molecule has 0 radical (unpaired) electrons. The van der Waals surface area contributed by atoms with Crippen molar-refractivity contribution in [2.24, 2.45) is 5.41 Å². The second-order valence-corrected chi connectivity index (χ2v) is 19.7. The Balaban J connectivity index is 0.00000378. The molecule has 4 bridgehead atoms. The number of methoxy groups -OCH3 is 4. The highest BCUT2D eigenvalue weighted by Gasteiger charge is 2.27. The van der Waals surface area contributed by atoms with E-state index in [1.165, 1.54) is 22.3 Å². The lowest BCUT2D eigenvalue weighted by Crippen LogP contribution is -2.26. The van der Waals surface area contributed by atoms with Crippen molar-refractivity contribution in [3.8, 4) is 96.6 Å². The van der Waals surface area contributed by atoms with Crippen LogP contribution in [0.5, 0.6) is 28.7 Å². The van der Waals surface area contributed by atoms with Gasteiger partial charge in [0.05, 0.1) is 69.8 Å². The van der Waals surface area contributed by atoms with Crippen LogP contribution in [0.4, 0.5) is 0 Å². The second-order valence-electron chi connectivity index (χ2n) is 19.7. The number of rotatable bonds is 20. The monoisotopic (exact) mass is 1020 g/mol. The predicted molar refractivity (Wildman–Crippen MR) is 306 cm³/mol. The maximum absolute atomic E-state index is 12.3. The number of aromatic nitrogens is 4. The van der Waals surface area contributed by atoms with Gasteiger partial charge in [-0.1, -0.05) is 45.0 Å². The molecule has 12 rings (SSSR count). The number of nitrogens with one attached hydrogen (secondary N) is 2. The van der Waals surface area contributed by atoms with E-state index in [0.29, 0.717) is 24.7 Å². The highest BCUT2D eigenvalue weighted by Crippen LogP contribution is 2.41. The van der Waals surface area contributed by atoms with Crippen LogP contribution < -0.4 is 23.7 Å². The van der Waals surface area contributed by atoms with Gasteiger partial charge < -0.3 is 38.4 Å². The molecule has 11 nitrogen and oxygen atoms in total. The number of aromatic amines is 2. The van der Waals surface area contributed by atoms with E-state index in [2.05, 4.69) is 89.7 Å². The Morgan fingerprint density at radius 3 is 1.61 bits per heavy atom. The fourth-order valence-electron chi connectivity index (χ4n) is 9.57. The van der Waals surface area contributed by atoms with Gasteiger partial charge >= 0.3 is 5.97 Å². The molecule has 0 saturated carbocycles. The standard InChI is InChI=1S/C63H68N4O7.C2H6/c1-9-63(3,4)62(68)74-35-13-11-10-12-34-73-50-30-24-46(25-31-50)57-56(45-22-28-49(69-5)29-23-45)64-60(65-57)51-37-41-14-15-42-17-19-44(21-20-43(51)18-16-41)52(38-42)61-66-58(47-26-32-53(70-6)40(2)36-47)59(67-61)48-27-33-54(71-7)55(39-48)72-8;1-2/h16-19,22-33,36-39H,9-15,20-21,34-35H2,1-8H3,(H,64,65)(H,66,67);1-2H3. The molecule has 0 fully saturated rings. The summed E-state index contributed by atoms with van der Waals surface area (Å²) >= 11 is 0. The number of carbonyl (C=O) groups excluding carboxylic acids is 1. The summed E-state index contributed by atoms with van der Waals surface area (Å²) in [4.78, 5) is 30.7. The molecular weight excluding hydrogens is 949 g/mol. The number of hydrogen-bond acceptors (Lipinski definition) is 9. The van der Waals surface area contributed by atoms with Gasteiger partial charge in [0.2, 0.25) is 0 Å². The fraction of sp³-hybridized carbons (Fsp3) is 0.338. The molecular formula is C65H74N4O7. The smallest absolute Gasteiger partial charge is 0.311 e. The van der Waals surface area contributed by atoms with Crippen LogP contribution in [0.15, 0.2) is 121 Å². The summed E-state index contributed by atoms with van der Waals surface area (Å²) in [5, 5.41) is 0. The maximum Gasteiger partial charge on any atom is 0.311 e. The third-order valence-electron chi connectivity index (χ3n) is 14.5. The van der Waals surface area contributed by atoms with Crippen molar-refractivity contribution in [2.75, 3.05) is 41.7 Å². The van der Waals surface area contributed by atoms with Crippen LogP contribution in [-0.2, 0) is 35.2 Å². The first-order valence-corrected chi connectivity index (χ1v) is 26.9. The lowest BCUT2D eigenvalue weighted by Gasteiger charge is -2.20. The van der Waals surface area contributed by atoms with Gasteiger partial charge in [-0.05, 0) is 203 Å². The van der Waals surface area contributed by atoms with Crippen LogP contribution >= 0.6 is 0 Å². The first-order chi connectivity index (χ1) is 37.0. The van der Waals surface area contributed by atoms with E-state index in [1.54, 1.807) is 28.4 Å². The van der Waals surface area contributed by atoms with E-state index in [0.717, 1.165) is 148 Å². The van der Waals surface area contributed by atoms with Crippen LogP contribution in [0.1, 0.15) is 94.5 Å². The Bertz CT molecular complexity index is 3220. The van der Waals surface area contributed by atoms with Crippen LogP contribution in [0.2, 0.25) is 0 Å². The summed E-state index contributed by atoms with van der Waals surface area (Å²) < 4.78 is 34.3. The van der Waals surface area contributed by atoms with Crippen molar-refractivity contribution in [1.29, 1.82) is 0 Å². The molecule has 0 atom stereocenters. The third kappa shape index (κ3) is 12.5.